The minimum atomic E-state index is 0.384. The van der Waals surface area contributed by atoms with Crippen LogP contribution in [-0.4, -0.2) is 22.1 Å². The molecule has 1 aromatic carbocycles. The molecule has 4 heteroatoms. The summed E-state index contributed by atoms with van der Waals surface area (Å²) in [5.74, 6) is 0.384. The van der Waals surface area contributed by atoms with Gasteiger partial charge in [-0.2, -0.15) is 0 Å². The van der Waals surface area contributed by atoms with Crippen LogP contribution in [0.3, 0.4) is 0 Å². The first kappa shape index (κ1) is 10.3. The highest BCUT2D eigenvalue weighted by molar-refractivity contribution is 5.77. The first-order chi connectivity index (χ1) is 7.76. The first-order valence-corrected chi connectivity index (χ1v) is 4.79. The summed E-state index contributed by atoms with van der Waals surface area (Å²) in [7, 11) is 1.78. The highest BCUT2D eigenvalue weighted by Gasteiger charge is 2.07. The minimum absolute atomic E-state index is 0.384. The average Bonchev–Trinajstić information content (AvgIpc) is 2.70. The molecule has 4 nitrogen and oxygen atoms in total. The number of aldehydes is 2. The Labute approximate surface area is 92.5 Å². The molecule has 0 bridgehead atoms. The van der Waals surface area contributed by atoms with Crippen LogP contribution in [0.25, 0.3) is 11.3 Å². The van der Waals surface area contributed by atoms with Gasteiger partial charge < -0.3 is 4.57 Å². The van der Waals surface area contributed by atoms with Crippen LogP contribution in [0.1, 0.15) is 21.0 Å². The Bertz CT molecular complexity index is 526. The van der Waals surface area contributed by atoms with Crippen molar-refractivity contribution in [3.8, 4) is 11.3 Å². The molecule has 0 spiro atoms. The molecule has 0 saturated heterocycles. The van der Waals surface area contributed by atoms with Crippen LogP contribution in [0.4, 0.5) is 0 Å². The summed E-state index contributed by atoms with van der Waals surface area (Å²) in [6.07, 6.45) is 3.15. The molecule has 0 fully saturated rings. The van der Waals surface area contributed by atoms with Crippen molar-refractivity contribution >= 4 is 12.6 Å². The maximum absolute atomic E-state index is 10.6. The number of carbonyl (C=O) groups is 2. The molecule has 0 atom stereocenters. The minimum Gasteiger partial charge on any atom is -0.325 e. The van der Waals surface area contributed by atoms with E-state index in [2.05, 4.69) is 4.98 Å². The van der Waals surface area contributed by atoms with E-state index in [4.69, 9.17) is 0 Å². The maximum atomic E-state index is 10.6. The first-order valence-electron chi connectivity index (χ1n) is 4.79. The third-order valence-electron chi connectivity index (χ3n) is 2.47. The van der Waals surface area contributed by atoms with Crippen molar-refractivity contribution in [2.45, 2.75) is 0 Å². The predicted molar refractivity (Wildman–Crippen MR) is 59.4 cm³/mol. The van der Waals surface area contributed by atoms with Gasteiger partial charge in [0.15, 0.2) is 12.1 Å². The lowest BCUT2D eigenvalue weighted by atomic mass is 10.1. The van der Waals surface area contributed by atoms with Crippen LogP contribution in [0.2, 0.25) is 0 Å². The van der Waals surface area contributed by atoms with Gasteiger partial charge in [-0.3, -0.25) is 9.59 Å². The van der Waals surface area contributed by atoms with E-state index in [1.807, 2.05) is 12.1 Å². The number of benzene rings is 1. The molecule has 2 aromatic rings. The summed E-state index contributed by atoms with van der Waals surface area (Å²) in [5, 5.41) is 0. The molecule has 2 rings (SSSR count). The highest BCUT2D eigenvalue weighted by Crippen LogP contribution is 2.19. The summed E-state index contributed by atoms with van der Waals surface area (Å²) < 4.78 is 1.71. The number of nitrogens with zero attached hydrogens (tertiary/aromatic N) is 2. The van der Waals surface area contributed by atoms with Crippen LogP contribution in [0.5, 0.6) is 0 Å². The molecule has 16 heavy (non-hydrogen) atoms. The Morgan fingerprint density at radius 3 is 2.31 bits per heavy atom. The van der Waals surface area contributed by atoms with Crippen molar-refractivity contribution in [1.82, 2.24) is 9.55 Å². The maximum Gasteiger partial charge on any atom is 0.185 e. The van der Waals surface area contributed by atoms with E-state index >= 15 is 0 Å². The number of imidazole rings is 1. The molecule has 0 saturated carbocycles. The van der Waals surface area contributed by atoms with Gasteiger partial charge >= 0.3 is 0 Å². The summed E-state index contributed by atoms with van der Waals surface area (Å²) in [4.78, 5) is 25.1. The molecule has 80 valence electrons. The van der Waals surface area contributed by atoms with Crippen LogP contribution in [0, 0.1) is 0 Å². The van der Waals surface area contributed by atoms with E-state index in [1.54, 1.807) is 29.9 Å². The number of carbonyl (C=O) groups excluding carboxylic acids is 2. The molecular weight excluding hydrogens is 204 g/mol. The van der Waals surface area contributed by atoms with Gasteiger partial charge in [-0.05, 0) is 5.56 Å². The molecule has 0 aliphatic rings. The van der Waals surface area contributed by atoms with E-state index in [0.29, 0.717) is 17.7 Å². The Hall–Kier alpha value is -2.23. The third-order valence-corrected chi connectivity index (χ3v) is 2.47. The molecule has 0 aliphatic carbocycles. The van der Waals surface area contributed by atoms with Crippen LogP contribution < -0.4 is 0 Å². The van der Waals surface area contributed by atoms with E-state index in [0.717, 1.165) is 17.5 Å². The number of hydrogen-bond acceptors (Lipinski definition) is 3. The summed E-state index contributed by atoms with van der Waals surface area (Å²) >= 11 is 0. The predicted octanol–water partition coefficient (Wildman–Crippen LogP) is 1.71. The quantitative estimate of drug-likeness (QED) is 0.731. The van der Waals surface area contributed by atoms with Crippen molar-refractivity contribution in [2.75, 3.05) is 0 Å². The number of rotatable bonds is 3. The second-order valence-corrected chi connectivity index (χ2v) is 3.42. The molecule has 1 heterocycles. The fourth-order valence-corrected chi connectivity index (χ4v) is 1.53. The van der Waals surface area contributed by atoms with Gasteiger partial charge in [0.1, 0.15) is 6.29 Å². The van der Waals surface area contributed by atoms with Crippen molar-refractivity contribution in [3.05, 3.63) is 41.9 Å². The molecule has 0 unspecified atom stereocenters. The molecule has 1 aromatic heterocycles. The van der Waals surface area contributed by atoms with E-state index in [1.165, 1.54) is 0 Å². The van der Waals surface area contributed by atoms with Gasteiger partial charge in [-0.25, -0.2) is 4.98 Å². The van der Waals surface area contributed by atoms with E-state index in [-0.39, 0.29) is 0 Å². The van der Waals surface area contributed by atoms with Crippen molar-refractivity contribution in [2.24, 2.45) is 7.05 Å². The zero-order valence-electron chi connectivity index (χ0n) is 8.75. The largest absolute Gasteiger partial charge is 0.325 e. The summed E-state index contributed by atoms with van der Waals surface area (Å²) in [6, 6.07) is 7.12. The third kappa shape index (κ3) is 1.65. The number of aromatic nitrogens is 2. The van der Waals surface area contributed by atoms with Gasteiger partial charge in [0.2, 0.25) is 0 Å². The monoisotopic (exact) mass is 214 g/mol. The van der Waals surface area contributed by atoms with Crippen molar-refractivity contribution < 1.29 is 9.59 Å². The SMILES string of the molecule is Cn1c(-c2ccc(C=O)cc2)cnc1C=O. The Kier molecular flexibility index (Phi) is 2.64. The van der Waals surface area contributed by atoms with Crippen LogP contribution in [0.15, 0.2) is 30.5 Å². The standard InChI is InChI=1S/C12H10N2O2/c1-14-11(6-13-12(14)8-16)10-4-2-9(7-15)3-5-10/h2-8H,1H3. The lowest BCUT2D eigenvalue weighted by Gasteiger charge is -2.03. The van der Waals surface area contributed by atoms with Crippen LogP contribution >= 0.6 is 0 Å². The Morgan fingerprint density at radius 2 is 1.81 bits per heavy atom. The average molecular weight is 214 g/mol. The van der Waals surface area contributed by atoms with Crippen molar-refractivity contribution in [1.29, 1.82) is 0 Å². The lowest BCUT2D eigenvalue weighted by molar-refractivity contribution is 0.110. The van der Waals surface area contributed by atoms with Crippen LogP contribution in [-0.2, 0) is 7.05 Å². The molecule has 0 amide bonds. The second-order valence-electron chi connectivity index (χ2n) is 3.42. The van der Waals surface area contributed by atoms with E-state index < -0.39 is 0 Å². The normalized spacial score (nSPS) is 10.1. The highest BCUT2D eigenvalue weighted by atomic mass is 16.1. The second kappa shape index (κ2) is 4.10. The molecule has 0 aliphatic heterocycles. The number of hydrogen-bond donors (Lipinski definition) is 0. The fourth-order valence-electron chi connectivity index (χ4n) is 1.53. The smallest absolute Gasteiger partial charge is 0.185 e. The summed E-state index contributed by atoms with van der Waals surface area (Å²) in [5.41, 5.74) is 2.40. The van der Waals surface area contributed by atoms with E-state index in [9.17, 15) is 9.59 Å². The summed E-state index contributed by atoms with van der Waals surface area (Å²) in [6.45, 7) is 0. The zero-order chi connectivity index (χ0) is 11.5. The van der Waals surface area contributed by atoms with Crippen molar-refractivity contribution in [3.63, 3.8) is 0 Å². The topological polar surface area (TPSA) is 52.0 Å². The van der Waals surface area contributed by atoms with Gasteiger partial charge in [-0.15, -0.1) is 0 Å². The van der Waals surface area contributed by atoms with Gasteiger partial charge in [0.25, 0.3) is 0 Å². The Balaban J connectivity index is 2.46. The lowest BCUT2D eigenvalue weighted by Crippen LogP contribution is -1.97. The Morgan fingerprint density at radius 1 is 1.12 bits per heavy atom. The van der Waals surface area contributed by atoms with Gasteiger partial charge in [0.05, 0.1) is 11.9 Å². The zero-order valence-corrected chi connectivity index (χ0v) is 8.75. The van der Waals surface area contributed by atoms with Gasteiger partial charge in [0, 0.05) is 12.6 Å². The molecule has 0 N–H and O–H groups in total. The fraction of sp³-hybridized carbons (Fsp3) is 0.0833. The molecule has 0 radical (unpaired) electrons. The van der Waals surface area contributed by atoms with Gasteiger partial charge in [-0.1, -0.05) is 24.3 Å². The molecular formula is C12H10N2O2.